The number of alkyl halides is 3. The molecule has 0 aliphatic heterocycles. The van der Waals surface area contributed by atoms with Crippen LogP contribution in [0.25, 0.3) is 10.2 Å². The first-order valence-corrected chi connectivity index (χ1v) is 10.3. The Hall–Kier alpha value is -3.46. The lowest BCUT2D eigenvalue weighted by atomic mass is 10.1. The van der Waals surface area contributed by atoms with Gasteiger partial charge >= 0.3 is 6.18 Å². The van der Waals surface area contributed by atoms with Crippen LogP contribution in [0.3, 0.4) is 0 Å². The number of benzene rings is 2. The van der Waals surface area contributed by atoms with E-state index in [0.29, 0.717) is 18.5 Å². The van der Waals surface area contributed by atoms with Crippen molar-refractivity contribution >= 4 is 39.0 Å². The second kappa shape index (κ2) is 8.73. The quantitative estimate of drug-likeness (QED) is 0.407. The lowest BCUT2D eigenvalue weighted by molar-refractivity contribution is -0.137. The minimum absolute atomic E-state index is 0.0952. The topological polar surface area (TPSA) is 66.9 Å². The molecule has 1 amide bonds. The number of carbonyl (C=O) groups excluding carboxylic acids is 1. The van der Waals surface area contributed by atoms with E-state index >= 15 is 0 Å². The molecule has 31 heavy (non-hydrogen) atoms. The zero-order valence-electron chi connectivity index (χ0n) is 16.1. The van der Waals surface area contributed by atoms with E-state index in [1.807, 2.05) is 23.6 Å². The zero-order valence-corrected chi connectivity index (χ0v) is 16.9. The van der Waals surface area contributed by atoms with Crippen LogP contribution < -0.4 is 10.6 Å². The maximum atomic E-state index is 12.8. The van der Waals surface area contributed by atoms with Crippen LogP contribution in [0.15, 0.2) is 66.3 Å². The van der Waals surface area contributed by atoms with Gasteiger partial charge in [0.05, 0.1) is 15.8 Å². The van der Waals surface area contributed by atoms with Gasteiger partial charge in [0.1, 0.15) is 12.1 Å². The van der Waals surface area contributed by atoms with Crippen molar-refractivity contribution < 1.29 is 18.0 Å². The highest BCUT2D eigenvalue weighted by Crippen LogP contribution is 2.30. The van der Waals surface area contributed by atoms with Crippen LogP contribution in [-0.4, -0.2) is 22.4 Å². The van der Waals surface area contributed by atoms with E-state index in [9.17, 15) is 18.0 Å². The number of fused-ring (bicyclic) bond motifs is 1. The summed E-state index contributed by atoms with van der Waals surface area (Å²) in [6.07, 6.45) is -2.22. The number of nitrogens with one attached hydrogen (secondary N) is 2. The Balaban J connectivity index is 1.34. The fraction of sp³-hybridized carbons (Fsp3) is 0.136. The number of amides is 1. The molecule has 4 aromatic rings. The van der Waals surface area contributed by atoms with Gasteiger partial charge in [-0.2, -0.15) is 13.2 Å². The first-order chi connectivity index (χ1) is 14.9. The normalized spacial score (nSPS) is 11.5. The second-order valence-electron chi connectivity index (χ2n) is 6.76. The van der Waals surface area contributed by atoms with Crippen LogP contribution in [-0.2, 0) is 12.6 Å². The molecule has 0 saturated heterocycles. The number of hydrogen-bond acceptors (Lipinski definition) is 5. The van der Waals surface area contributed by atoms with Crippen molar-refractivity contribution in [3.63, 3.8) is 0 Å². The number of hydrogen-bond donors (Lipinski definition) is 2. The van der Waals surface area contributed by atoms with Crippen molar-refractivity contribution in [1.29, 1.82) is 0 Å². The molecular weight excluding hydrogens is 425 g/mol. The first kappa shape index (κ1) is 20.8. The lowest BCUT2D eigenvalue weighted by Gasteiger charge is -2.10. The van der Waals surface area contributed by atoms with Gasteiger partial charge in [0.15, 0.2) is 0 Å². The summed E-state index contributed by atoms with van der Waals surface area (Å²) in [4.78, 5) is 20.8. The van der Waals surface area contributed by atoms with Crippen LogP contribution in [0.4, 0.5) is 24.7 Å². The third kappa shape index (κ3) is 5.00. The summed E-state index contributed by atoms with van der Waals surface area (Å²) in [6, 6.07) is 13.4. The smallest absolute Gasteiger partial charge is 0.368 e. The lowest BCUT2D eigenvalue weighted by Crippen LogP contribution is -2.13. The minimum Gasteiger partial charge on any atom is -0.368 e. The van der Waals surface area contributed by atoms with Gasteiger partial charge in [-0.25, -0.2) is 9.97 Å². The van der Waals surface area contributed by atoms with E-state index < -0.39 is 17.6 Å². The van der Waals surface area contributed by atoms with Crippen molar-refractivity contribution in [3.05, 3.63) is 83.0 Å². The van der Waals surface area contributed by atoms with Crippen LogP contribution in [0.5, 0.6) is 0 Å². The van der Waals surface area contributed by atoms with Gasteiger partial charge in [0.25, 0.3) is 5.91 Å². The van der Waals surface area contributed by atoms with E-state index in [1.54, 1.807) is 23.5 Å². The highest BCUT2D eigenvalue weighted by atomic mass is 32.1. The SMILES string of the molecule is O=C(Nc1cccc(C(F)(F)F)c1)c1ccc(CCNc2ncnc3ccsc23)cc1. The Bertz CT molecular complexity index is 1210. The highest BCUT2D eigenvalue weighted by molar-refractivity contribution is 7.17. The molecule has 0 spiro atoms. The molecule has 0 aliphatic rings. The average molecular weight is 442 g/mol. The molecule has 0 atom stereocenters. The van der Waals surface area contributed by atoms with Gasteiger partial charge in [0.2, 0.25) is 0 Å². The predicted molar refractivity (Wildman–Crippen MR) is 115 cm³/mol. The molecule has 2 aromatic heterocycles. The summed E-state index contributed by atoms with van der Waals surface area (Å²) in [5, 5.41) is 7.77. The number of thiophene rings is 1. The molecule has 0 saturated carbocycles. The Kier molecular flexibility index (Phi) is 5.85. The molecule has 0 aliphatic carbocycles. The van der Waals surface area contributed by atoms with Crippen LogP contribution in [0.2, 0.25) is 0 Å². The van der Waals surface area contributed by atoms with Gasteiger partial charge in [0, 0.05) is 17.8 Å². The van der Waals surface area contributed by atoms with Crippen molar-refractivity contribution in [1.82, 2.24) is 9.97 Å². The molecule has 0 fully saturated rings. The molecule has 9 heteroatoms. The third-order valence-electron chi connectivity index (χ3n) is 4.61. The summed E-state index contributed by atoms with van der Waals surface area (Å²) in [5.74, 6) is 0.321. The summed E-state index contributed by atoms with van der Waals surface area (Å²) >= 11 is 1.57. The predicted octanol–water partition coefficient (Wildman–Crippen LogP) is 5.62. The Morgan fingerprint density at radius 2 is 1.84 bits per heavy atom. The number of rotatable bonds is 6. The van der Waals surface area contributed by atoms with Crippen molar-refractivity contribution in [2.45, 2.75) is 12.6 Å². The van der Waals surface area contributed by atoms with Crippen molar-refractivity contribution in [2.75, 3.05) is 17.2 Å². The van der Waals surface area contributed by atoms with Crippen LogP contribution in [0.1, 0.15) is 21.5 Å². The second-order valence-corrected chi connectivity index (χ2v) is 7.68. The number of anilines is 2. The molecule has 2 aromatic carbocycles. The zero-order chi connectivity index (χ0) is 21.8. The third-order valence-corrected chi connectivity index (χ3v) is 5.52. The van der Waals surface area contributed by atoms with E-state index in [0.717, 1.165) is 33.7 Å². The summed E-state index contributed by atoms with van der Waals surface area (Å²) in [6.45, 7) is 0.653. The maximum absolute atomic E-state index is 12.8. The molecule has 0 bridgehead atoms. The van der Waals surface area contributed by atoms with E-state index in [1.165, 1.54) is 18.5 Å². The number of carbonyl (C=O) groups is 1. The van der Waals surface area contributed by atoms with Gasteiger partial charge in [-0.3, -0.25) is 4.79 Å². The summed E-state index contributed by atoms with van der Waals surface area (Å²) in [5.41, 5.74) is 1.57. The van der Waals surface area contributed by atoms with Crippen LogP contribution in [0, 0.1) is 0 Å². The van der Waals surface area contributed by atoms with Crippen molar-refractivity contribution in [2.24, 2.45) is 0 Å². The Morgan fingerprint density at radius 1 is 1.03 bits per heavy atom. The van der Waals surface area contributed by atoms with E-state index in [-0.39, 0.29) is 5.69 Å². The highest BCUT2D eigenvalue weighted by Gasteiger charge is 2.30. The van der Waals surface area contributed by atoms with Crippen molar-refractivity contribution in [3.8, 4) is 0 Å². The summed E-state index contributed by atoms with van der Waals surface area (Å²) < 4.78 is 39.5. The molecule has 0 unspecified atom stereocenters. The Morgan fingerprint density at radius 3 is 2.61 bits per heavy atom. The number of aromatic nitrogens is 2. The molecule has 5 nitrogen and oxygen atoms in total. The molecular formula is C22H17F3N4OS. The molecule has 2 N–H and O–H groups in total. The Labute approximate surface area is 180 Å². The monoisotopic (exact) mass is 442 g/mol. The first-order valence-electron chi connectivity index (χ1n) is 9.40. The van der Waals surface area contributed by atoms with Gasteiger partial charge < -0.3 is 10.6 Å². The van der Waals surface area contributed by atoms with E-state index in [2.05, 4.69) is 20.6 Å². The molecule has 0 radical (unpaired) electrons. The standard InChI is InChI=1S/C22H17F3N4OS/c23-22(24,25)16-2-1-3-17(12-16)29-21(30)15-6-4-14(5-7-15)8-10-26-20-19-18(9-11-31-19)27-13-28-20/h1-7,9,11-13H,8,10H2,(H,29,30)(H,26,27,28). The fourth-order valence-corrected chi connectivity index (χ4v) is 3.85. The maximum Gasteiger partial charge on any atom is 0.416 e. The largest absolute Gasteiger partial charge is 0.416 e. The minimum atomic E-state index is -4.46. The molecule has 4 rings (SSSR count). The molecule has 2 heterocycles. The van der Waals surface area contributed by atoms with Crippen LogP contribution >= 0.6 is 11.3 Å². The summed E-state index contributed by atoms with van der Waals surface area (Å²) in [7, 11) is 0. The number of halogens is 3. The fourth-order valence-electron chi connectivity index (χ4n) is 3.04. The van der Waals surface area contributed by atoms with E-state index in [4.69, 9.17) is 0 Å². The average Bonchev–Trinajstić information content (AvgIpc) is 3.24. The van der Waals surface area contributed by atoms with Gasteiger partial charge in [-0.15, -0.1) is 11.3 Å². The number of nitrogens with zero attached hydrogens (tertiary/aromatic N) is 2. The molecule has 158 valence electrons. The van der Waals surface area contributed by atoms with Gasteiger partial charge in [-0.1, -0.05) is 18.2 Å². The van der Waals surface area contributed by atoms with Gasteiger partial charge in [-0.05, 0) is 53.8 Å².